The first-order chi connectivity index (χ1) is 8.08. The molecule has 1 N–H and O–H groups in total. The largest absolute Gasteiger partial charge is 0.494 e. The molecule has 0 bridgehead atoms. The van der Waals surface area contributed by atoms with Crippen molar-refractivity contribution in [2.75, 3.05) is 25.6 Å². The van der Waals surface area contributed by atoms with Crippen molar-refractivity contribution >= 4 is 27.6 Å². The highest BCUT2D eigenvalue weighted by Crippen LogP contribution is 2.31. The van der Waals surface area contributed by atoms with Gasteiger partial charge < -0.3 is 14.8 Å². The lowest BCUT2D eigenvalue weighted by molar-refractivity contribution is -0.140. The summed E-state index contributed by atoms with van der Waals surface area (Å²) in [5, 5.41) is 2.65. The van der Waals surface area contributed by atoms with Gasteiger partial charge in [0, 0.05) is 4.47 Å². The SMILES string of the molecule is CCOC(=O)CNc1c(F)cc(Br)cc1OC. The molecular weight excluding hydrogens is 293 g/mol. The van der Waals surface area contributed by atoms with E-state index in [0.29, 0.717) is 16.8 Å². The molecule has 0 aromatic heterocycles. The molecule has 1 rings (SSSR count). The summed E-state index contributed by atoms with van der Waals surface area (Å²) in [5.41, 5.74) is 0.142. The van der Waals surface area contributed by atoms with Crippen LogP contribution in [0, 0.1) is 5.82 Å². The molecule has 0 spiro atoms. The van der Waals surface area contributed by atoms with Crippen LogP contribution in [-0.2, 0) is 9.53 Å². The Labute approximate surface area is 107 Å². The minimum absolute atomic E-state index is 0.108. The van der Waals surface area contributed by atoms with E-state index in [1.54, 1.807) is 13.0 Å². The highest BCUT2D eigenvalue weighted by atomic mass is 79.9. The van der Waals surface area contributed by atoms with Crippen LogP contribution in [0.4, 0.5) is 10.1 Å². The van der Waals surface area contributed by atoms with Crippen LogP contribution in [0.3, 0.4) is 0 Å². The van der Waals surface area contributed by atoms with Crippen molar-refractivity contribution in [3.63, 3.8) is 0 Å². The number of ether oxygens (including phenoxy) is 2. The van der Waals surface area contributed by atoms with Gasteiger partial charge >= 0.3 is 5.97 Å². The number of hydrogen-bond acceptors (Lipinski definition) is 4. The van der Waals surface area contributed by atoms with Crippen molar-refractivity contribution in [3.05, 3.63) is 22.4 Å². The lowest BCUT2D eigenvalue weighted by Crippen LogP contribution is -2.17. The van der Waals surface area contributed by atoms with Crippen molar-refractivity contribution in [2.45, 2.75) is 6.92 Å². The standard InChI is InChI=1S/C11H13BrFNO3/c1-3-17-10(15)6-14-11-8(13)4-7(12)5-9(11)16-2/h4-5,14H,3,6H2,1-2H3. The topological polar surface area (TPSA) is 47.6 Å². The van der Waals surface area contributed by atoms with E-state index >= 15 is 0 Å². The van der Waals surface area contributed by atoms with Gasteiger partial charge in [-0.05, 0) is 19.1 Å². The molecule has 0 fully saturated rings. The zero-order valence-corrected chi connectivity index (χ0v) is 11.1. The van der Waals surface area contributed by atoms with Gasteiger partial charge in [-0.1, -0.05) is 15.9 Å². The number of carbonyl (C=O) groups is 1. The Balaban J connectivity index is 2.79. The van der Waals surface area contributed by atoms with Crippen LogP contribution < -0.4 is 10.1 Å². The van der Waals surface area contributed by atoms with Crippen LogP contribution >= 0.6 is 15.9 Å². The third-order valence-electron chi connectivity index (χ3n) is 1.95. The number of carbonyl (C=O) groups excluding carboxylic acids is 1. The van der Waals surface area contributed by atoms with Crippen molar-refractivity contribution < 1.29 is 18.7 Å². The van der Waals surface area contributed by atoms with Gasteiger partial charge in [0.05, 0.1) is 13.7 Å². The fraction of sp³-hybridized carbons (Fsp3) is 0.364. The number of nitrogens with one attached hydrogen (secondary N) is 1. The van der Waals surface area contributed by atoms with Gasteiger partial charge in [-0.15, -0.1) is 0 Å². The summed E-state index contributed by atoms with van der Waals surface area (Å²) >= 11 is 3.15. The fourth-order valence-electron chi connectivity index (χ4n) is 1.26. The summed E-state index contributed by atoms with van der Waals surface area (Å²) in [6.45, 7) is 1.89. The van der Waals surface area contributed by atoms with Crippen molar-refractivity contribution in [1.82, 2.24) is 0 Å². The normalized spacial score (nSPS) is 9.88. The molecule has 6 heteroatoms. The van der Waals surface area contributed by atoms with Gasteiger partial charge in [-0.25, -0.2) is 4.39 Å². The van der Waals surface area contributed by atoms with E-state index in [1.165, 1.54) is 13.2 Å². The Bertz CT molecular complexity index is 412. The number of hydrogen-bond donors (Lipinski definition) is 1. The van der Waals surface area contributed by atoms with Gasteiger partial charge in [0.15, 0.2) is 5.82 Å². The monoisotopic (exact) mass is 305 g/mol. The first-order valence-electron chi connectivity index (χ1n) is 5.01. The second-order valence-corrected chi connectivity index (χ2v) is 4.04. The summed E-state index contributed by atoms with van der Waals surface area (Å²) in [6, 6.07) is 2.90. The molecule has 94 valence electrons. The number of esters is 1. The first-order valence-corrected chi connectivity index (χ1v) is 5.80. The van der Waals surface area contributed by atoms with Gasteiger partial charge in [-0.3, -0.25) is 4.79 Å². The molecule has 0 aliphatic heterocycles. The van der Waals surface area contributed by atoms with Crippen LogP contribution in [0.2, 0.25) is 0 Å². The second-order valence-electron chi connectivity index (χ2n) is 3.12. The summed E-state index contributed by atoms with van der Waals surface area (Å²) in [4.78, 5) is 11.1. The van der Waals surface area contributed by atoms with E-state index in [9.17, 15) is 9.18 Å². The van der Waals surface area contributed by atoms with E-state index in [0.717, 1.165) is 0 Å². The lowest BCUT2D eigenvalue weighted by atomic mass is 10.2. The van der Waals surface area contributed by atoms with Gasteiger partial charge in [0.2, 0.25) is 0 Å². The van der Waals surface area contributed by atoms with Gasteiger partial charge in [0.25, 0.3) is 0 Å². The van der Waals surface area contributed by atoms with Crippen molar-refractivity contribution in [2.24, 2.45) is 0 Å². The number of halogens is 2. The molecule has 0 unspecified atom stereocenters. The van der Waals surface area contributed by atoms with Crippen molar-refractivity contribution in [1.29, 1.82) is 0 Å². The molecule has 0 aliphatic rings. The smallest absolute Gasteiger partial charge is 0.325 e. The molecule has 0 atom stereocenters. The molecule has 0 radical (unpaired) electrons. The zero-order chi connectivity index (χ0) is 12.8. The summed E-state index contributed by atoms with van der Waals surface area (Å²) < 4.78 is 23.9. The number of benzene rings is 1. The van der Waals surface area contributed by atoms with E-state index in [2.05, 4.69) is 21.2 Å². The summed E-state index contributed by atoms with van der Waals surface area (Å²) in [7, 11) is 1.43. The minimum Gasteiger partial charge on any atom is -0.494 e. The van der Waals surface area contributed by atoms with E-state index in [1.807, 2.05) is 0 Å². The maximum atomic E-state index is 13.6. The molecule has 0 saturated carbocycles. The Morgan fingerprint density at radius 3 is 2.82 bits per heavy atom. The molecule has 0 saturated heterocycles. The highest BCUT2D eigenvalue weighted by molar-refractivity contribution is 9.10. The number of rotatable bonds is 5. The molecule has 0 aliphatic carbocycles. The summed E-state index contributed by atoms with van der Waals surface area (Å²) in [5.74, 6) is -0.626. The van der Waals surface area contributed by atoms with Crippen LogP contribution in [-0.4, -0.2) is 26.2 Å². The predicted octanol–water partition coefficient (Wildman–Crippen LogP) is 2.57. The van der Waals surface area contributed by atoms with Crippen LogP contribution in [0.5, 0.6) is 5.75 Å². The highest BCUT2D eigenvalue weighted by Gasteiger charge is 2.12. The van der Waals surface area contributed by atoms with Gasteiger partial charge in [-0.2, -0.15) is 0 Å². The Kier molecular flexibility index (Phi) is 5.21. The average molecular weight is 306 g/mol. The molecule has 4 nitrogen and oxygen atoms in total. The van der Waals surface area contributed by atoms with Crippen LogP contribution in [0.1, 0.15) is 6.92 Å². The lowest BCUT2D eigenvalue weighted by Gasteiger charge is -2.12. The molecule has 0 heterocycles. The van der Waals surface area contributed by atoms with Gasteiger partial charge in [0.1, 0.15) is 18.0 Å². The fourth-order valence-corrected chi connectivity index (χ4v) is 1.66. The molecule has 17 heavy (non-hydrogen) atoms. The van der Waals surface area contributed by atoms with Crippen LogP contribution in [0.25, 0.3) is 0 Å². The Morgan fingerprint density at radius 2 is 2.24 bits per heavy atom. The second kappa shape index (κ2) is 6.44. The molecular formula is C11H13BrFNO3. The maximum absolute atomic E-state index is 13.6. The van der Waals surface area contributed by atoms with E-state index < -0.39 is 11.8 Å². The van der Waals surface area contributed by atoms with E-state index in [4.69, 9.17) is 9.47 Å². The van der Waals surface area contributed by atoms with E-state index in [-0.39, 0.29) is 12.2 Å². The summed E-state index contributed by atoms with van der Waals surface area (Å²) in [6.07, 6.45) is 0. The van der Waals surface area contributed by atoms with Crippen molar-refractivity contribution in [3.8, 4) is 5.75 Å². The predicted molar refractivity (Wildman–Crippen MR) is 65.8 cm³/mol. The zero-order valence-electron chi connectivity index (χ0n) is 9.55. The molecule has 0 amide bonds. The Morgan fingerprint density at radius 1 is 1.53 bits per heavy atom. The van der Waals surface area contributed by atoms with Crippen LogP contribution in [0.15, 0.2) is 16.6 Å². The number of anilines is 1. The maximum Gasteiger partial charge on any atom is 0.325 e. The number of methoxy groups -OCH3 is 1. The quantitative estimate of drug-likeness (QED) is 0.849. The average Bonchev–Trinajstić information content (AvgIpc) is 2.27. The molecule has 1 aromatic carbocycles. The Hall–Kier alpha value is -1.30. The third-order valence-corrected chi connectivity index (χ3v) is 2.41. The molecule has 1 aromatic rings. The third kappa shape index (κ3) is 3.89. The first kappa shape index (κ1) is 13.8. The minimum atomic E-state index is -0.500.